The number of amides is 2. The fourth-order valence-corrected chi connectivity index (χ4v) is 3.19. The van der Waals surface area contributed by atoms with E-state index in [1.54, 1.807) is 0 Å². The zero-order valence-corrected chi connectivity index (χ0v) is 13.1. The molecule has 1 saturated carbocycles. The summed E-state index contributed by atoms with van der Waals surface area (Å²) in [6, 6.07) is 6.81. The van der Waals surface area contributed by atoms with Gasteiger partial charge in [0.1, 0.15) is 12.6 Å². The van der Waals surface area contributed by atoms with Crippen LogP contribution >= 0.6 is 0 Å². The molecule has 0 radical (unpaired) electrons. The number of aliphatic carboxylic acids is 1. The molecule has 1 aliphatic carbocycles. The third kappa shape index (κ3) is 3.21. The van der Waals surface area contributed by atoms with Crippen LogP contribution in [0.4, 0.5) is 5.69 Å². The molecule has 1 heterocycles. The van der Waals surface area contributed by atoms with Crippen molar-refractivity contribution in [3.05, 3.63) is 29.8 Å². The maximum absolute atomic E-state index is 12.9. The zero-order valence-electron chi connectivity index (χ0n) is 13.1. The van der Waals surface area contributed by atoms with Crippen LogP contribution in [-0.4, -0.2) is 46.9 Å². The standard InChI is InChI=1S/C17H20N2O4/c1-11(20)19-14-5-3-2-4-13(14)8-15(19)17(23)18(10-16(21)22)9-12-6-7-12/h2-5,12,15H,6-10H2,1H3,(H,21,22)/t15-/m0/s1. The van der Waals surface area contributed by atoms with Crippen LogP contribution in [0.1, 0.15) is 25.3 Å². The van der Waals surface area contributed by atoms with Crippen molar-refractivity contribution in [2.24, 2.45) is 5.92 Å². The molecule has 1 aromatic carbocycles. The fraction of sp³-hybridized carbons (Fsp3) is 0.471. The van der Waals surface area contributed by atoms with Gasteiger partial charge in [0.25, 0.3) is 0 Å². The monoisotopic (exact) mass is 316 g/mol. The van der Waals surface area contributed by atoms with E-state index >= 15 is 0 Å². The zero-order chi connectivity index (χ0) is 16.6. The van der Waals surface area contributed by atoms with E-state index in [0.717, 1.165) is 24.1 Å². The first kappa shape index (κ1) is 15.5. The summed E-state index contributed by atoms with van der Waals surface area (Å²) in [6.45, 7) is 1.59. The highest BCUT2D eigenvalue weighted by molar-refractivity contribution is 6.02. The average molecular weight is 316 g/mol. The van der Waals surface area contributed by atoms with Crippen LogP contribution in [0.3, 0.4) is 0 Å². The lowest BCUT2D eigenvalue weighted by Gasteiger charge is -2.29. The number of hydrogen-bond acceptors (Lipinski definition) is 3. The number of fused-ring (bicyclic) bond motifs is 1. The molecule has 0 saturated heterocycles. The molecule has 1 aromatic rings. The Morgan fingerprint density at radius 1 is 1.26 bits per heavy atom. The molecule has 23 heavy (non-hydrogen) atoms. The molecular weight excluding hydrogens is 296 g/mol. The fourth-order valence-electron chi connectivity index (χ4n) is 3.19. The Kier molecular flexibility index (Phi) is 4.07. The van der Waals surface area contributed by atoms with Crippen LogP contribution in [0.25, 0.3) is 0 Å². The van der Waals surface area contributed by atoms with Gasteiger partial charge in [0.2, 0.25) is 11.8 Å². The summed E-state index contributed by atoms with van der Waals surface area (Å²) in [5, 5.41) is 9.08. The second kappa shape index (κ2) is 6.02. The van der Waals surface area contributed by atoms with E-state index in [0.29, 0.717) is 18.9 Å². The van der Waals surface area contributed by atoms with E-state index in [4.69, 9.17) is 5.11 Å². The molecule has 1 aliphatic heterocycles. The quantitative estimate of drug-likeness (QED) is 0.888. The van der Waals surface area contributed by atoms with Gasteiger partial charge in [-0.1, -0.05) is 18.2 Å². The highest BCUT2D eigenvalue weighted by atomic mass is 16.4. The first-order valence-corrected chi connectivity index (χ1v) is 7.85. The first-order chi connectivity index (χ1) is 11.0. The molecule has 0 bridgehead atoms. The Labute approximate surface area is 134 Å². The van der Waals surface area contributed by atoms with E-state index in [9.17, 15) is 14.4 Å². The van der Waals surface area contributed by atoms with Crippen LogP contribution < -0.4 is 4.90 Å². The predicted octanol–water partition coefficient (Wildman–Crippen LogP) is 1.29. The number of carbonyl (C=O) groups is 3. The lowest BCUT2D eigenvalue weighted by atomic mass is 10.1. The third-order valence-corrected chi connectivity index (χ3v) is 4.41. The summed E-state index contributed by atoms with van der Waals surface area (Å²) in [5.41, 5.74) is 1.70. The molecule has 3 rings (SSSR count). The summed E-state index contributed by atoms with van der Waals surface area (Å²) in [5.74, 6) is -1.10. The third-order valence-electron chi connectivity index (χ3n) is 4.41. The van der Waals surface area contributed by atoms with Crippen molar-refractivity contribution in [3.8, 4) is 0 Å². The number of carboxylic acid groups (broad SMARTS) is 1. The average Bonchev–Trinajstić information content (AvgIpc) is 3.22. The van der Waals surface area contributed by atoms with E-state index < -0.39 is 12.0 Å². The molecule has 1 N–H and O–H groups in total. The second-order valence-corrected chi connectivity index (χ2v) is 6.29. The number of hydrogen-bond donors (Lipinski definition) is 1. The molecular formula is C17H20N2O4. The number of nitrogens with zero attached hydrogens (tertiary/aromatic N) is 2. The van der Waals surface area contributed by atoms with Crippen LogP contribution in [0.15, 0.2) is 24.3 Å². The summed E-state index contributed by atoms with van der Waals surface area (Å²) >= 11 is 0. The van der Waals surface area contributed by atoms with Crippen molar-refractivity contribution < 1.29 is 19.5 Å². The lowest BCUT2D eigenvalue weighted by Crippen LogP contribution is -2.51. The maximum Gasteiger partial charge on any atom is 0.323 e. The van der Waals surface area contributed by atoms with Crippen LogP contribution in [0.5, 0.6) is 0 Å². The number of para-hydroxylation sites is 1. The largest absolute Gasteiger partial charge is 0.480 e. The lowest BCUT2D eigenvalue weighted by molar-refractivity contribution is -0.145. The van der Waals surface area contributed by atoms with Crippen molar-refractivity contribution in [3.63, 3.8) is 0 Å². The Balaban J connectivity index is 1.84. The van der Waals surface area contributed by atoms with Crippen molar-refractivity contribution in [1.82, 2.24) is 4.90 Å². The van der Waals surface area contributed by atoms with Gasteiger partial charge in [-0.25, -0.2) is 0 Å². The van der Waals surface area contributed by atoms with Crippen LogP contribution in [-0.2, 0) is 20.8 Å². The van der Waals surface area contributed by atoms with Gasteiger partial charge in [-0.2, -0.15) is 0 Å². The number of benzene rings is 1. The highest BCUT2D eigenvalue weighted by Gasteiger charge is 2.40. The predicted molar refractivity (Wildman–Crippen MR) is 84.0 cm³/mol. The Hall–Kier alpha value is -2.37. The van der Waals surface area contributed by atoms with Gasteiger partial charge in [0, 0.05) is 25.6 Å². The van der Waals surface area contributed by atoms with E-state index in [1.165, 1.54) is 16.7 Å². The van der Waals surface area contributed by atoms with Crippen LogP contribution in [0, 0.1) is 5.92 Å². The molecule has 6 heteroatoms. The molecule has 1 fully saturated rings. The van der Waals surface area contributed by atoms with Crippen molar-refractivity contribution in [2.75, 3.05) is 18.0 Å². The topological polar surface area (TPSA) is 77.9 Å². The minimum absolute atomic E-state index is 0.199. The Morgan fingerprint density at radius 3 is 2.57 bits per heavy atom. The summed E-state index contributed by atoms with van der Waals surface area (Å²) < 4.78 is 0. The SMILES string of the molecule is CC(=O)N1c2ccccc2C[C@H]1C(=O)N(CC(=O)O)CC1CC1. The normalized spacial score (nSPS) is 19.3. The van der Waals surface area contributed by atoms with Gasteiger partial charge >= 0.3 is 5.97 Å². The van der Waals surface area contributed by atoms with Crippen LogP contribution in [0.2, 0.25) is 0 Å². The number of carbonyl (C=O) groups excluding carboxylic acids is 2. The van der Waals surface area contributed by atoms with Crippen molar-refractivity contribution in [2.45, 2.75) is 32.2 Å². The van der Waals surface area contributed by atoms with Gasteiger partial charge in [-0.15, -0.1) is 0 Å². The van der Waals surface area contributed by atoms with Gasteiger partial charge in [0.05, 0.1) is 0 Å². The molecule has 0 unspecified atom stereocenters. The van der Waals surface area contributed by atoms with Gasteiger partial charge in [-0.3, -0.25) is 19.3 Å². The number of carboxylic acids is 1. The number of rotatable bonds is 5. The van der Waals surface area contributed by atoms with Gasteiger partial charge < -0.3 is 10.0 Å². The smallest absolute Gasteiger partial charge is 0.323 e. The van der Waals surface area contributed by atoms with Gasteiger partial charge in [0.15, 0.2) is 0 Å². The molecule has 0 aromatic heterocycles. The highest BCUT2D eigenvalue weighted by Crippen LogP contribution is 2.34. The van der Waals surface area contributed by atoms with Crippen molar-refractivity contribution in [1.29, 1.82) is 0 Å². The van der Waals surface area contributed by atoms with E-state index in [2.05, 4.69) is 0 Å². The second-order valence-electron chi connectivity index (χ2n) is 6.29. The molecule has 122 valence electrons. The molecule has 0 spiro atoms. The molecule has 1 atom stereocenters. The first-order valence-electron chi connectivity index (χ1n) is 7.85. The van der Waals surface area contributed by atoms with E-state index in [-0.39, 0.29) is 18.4 Å². The Bertz CT molecular complexity index is 654. The Morgan fingerprint density at radius 2 is 1.96 bits per heavy atom. The van der Waals surface area contributed by atoms with E-state index in [1.807, 2.05) is 24.3 Å². The van der Waals surface area contributed by atoms with Gasteiger partial charge in [-0.05, 0) is 30.4 Å². The minimum atomic E-state index is -1.02. The summed E-state index contributed by atoms with van der Waals surface area (Å²) in [7, 11) is 0. The molecule has 2 aliphatic rings. The molecule has 6 nitrogen and oxygen atoms in total. The summed E-state index contributed by atoms with van der Waals surface area (Å²) in [6.07, 6.45) is 2.50. The number of anilines is 1. The maximum atomic E-state index is 12.9. The summed E-state index contributed by atoms with van der Waals surface area (Å²) in [4.78, 5) is 38.9. The van der Waals surface area contributed by atoms with Crippen molar-refractivity contribution >= 4 is 23.5 Å². The minimum Gasteiger partial charge on any atom is -0.480 e. The molecule has 2 amide bonds.